The molecule has 7 nitrogen and oxygen atoms in total. The summed E-state index contributed by atoms with van der Waals surface area (Å²) in [6.07, 6.45) is 0.977. The maximum Gasteiger partial charge on any atom is 0.225 e. The lowest BCUT2D eigenvalue weighted by molar-refractivity contribution is -0.116. The van der Waals surface area contributed by atoms with Crippen LogP contribution in [-0.2, 0) is 11.2 Å². The van der Waals surface area contributed by atoms with Crippen molar-refractivity contribution in [1.29, 1.82) is 5.41 Å². The van der Waals surface area contributed by atoms with E-state index in [0.717, 1.165) is 32.0 Å². The third-order valence-electron chi connectivity index (χ3n) is 5.23. The van der Waals surface area contributed by atoms with Gasteiger partial charge in [0.25, 0.3) is 0 Å². The van der Waals surface area contributed by atoms with Crippen LogP contribution in [0.4, 0.5) is 5.69 Å². The van der Waals surface area contributed by atoms with Crippen LogP contribution in [0.15, 0.2) is 72.8 Å². The largest absolute Gasteiger partial charge is 0.384 e. The van der Waals surface area contributed by atoms with Crippen molar-refractivity contribution in [2.75, 3.05) is 11.9 Å². The van der Waals surface area contributed by atoms with Gasteiger partial charge < -0.3 is 22.9 Å². The number of nitrogens with two attached hydrogens (primary N) is 2. The summed E-state index contributed by atoms with van der Waals surface area (Å²) in [5.41, 5.74) is 15.7. The lowest BCUT2D eigenvalue weighted by Crippen LogP contribution is -2.16. The monoisotopic (exact) mass is 460 g/mol. The summed E-state index contributed by atoms with van der Waals surface area (Å²) in [4.78, 5) is 17.0. The number of nitrogens with zero attached hydrogens (tertiary/aromatic N) is 1. The van der Waals surface area contributed by atoms with Gasteiger partial charge in [-0.25, -0.2) is 4.98 Å². The number of aromatic nitrogens is 1. The van der Waals surface area contributed by atoms with Gasteiger partial charge in [-0.2, -0.15) is 0 Å². The number of thiazole rings is 1. The topological polar surface area (TPSA) is 153 Å². The quantitative estimate of drug-likeness (QED) is 0.195. The van der Waals surface area contributed by atoms with Gasteiger partial charge in [0, 0.05) is 30.1 Å². The van der Waals surface area contributed by atoms with Crippen molar-refractivity contribution in [2.24, 2.45) is 11.5 Å². The molecule has 9 N–H and O–H groups in total. The standard InChI is InChI=1S/C25H25N5OS.H3N/c26-12-11-23(31)29-19-8-4-6-17(15-19)20(14-16-5-3-7-18(13-16)24(27)28)25-30-21-9-1-2-10-22(21)32-25;/h1-10,13,15,20H,11-12,14,26H2,(H3,27,28)(H,29,31);1H3. The number of para-hydroxylation sites is 1. The minimum absolute atomic E-state index is 0. The highest BCUT2D eigenvalue weighted by Crippen LogP contribution is 2.35. The second-order valence-corrected chi connectivity index (χ2v) is 8.67. The number of hydrogen-bond donors (Lipinski definition) is 5. The van der Waals surface area contributed by atoms with Crippen molar-refractivity contribution in [1.82, 2.24) is 11.1 Å². The van der Waals surface area contributed by atoms with Crippen LogP contribution in [0.2, 0.25) is 0 Å². The van der Waals surface area contributed by atoms with Gasteiger partial charge in [0.15, 0.2) is 0 Å². The molecule has 1 heterocycles. The van der Waals surface area contributed by atoms with Crippen LogP contribution < -0.4 is 22.9 Å². The Hall–Kier alpha value is -3.59. The number of nitrogens with one attached hydrogen (secondary N) is 2. The van der Waals surface area contributed by atoms with Gasteiger partial charge >= 0.3 is 0 Å². The van der Waals surface area contributed by atoms with Crippen LogP contribution in [0.25, 0.3) is 10.2 Å². The summed E-state index contributed by atoms with van der Waals surface area (Å²) >= 11 is 1.68. The smallest absolute Gasteiger partial charge is 0.225 e. The van der Waals surface area contributed by atoms with E-state index in [2.05, 4.69) is 17.4 Å². The highest BCUT2D eigenvalue weighted by Gasteiger charge is 2.20. The Bertz CT molecular complexity index is 1240. The number of rotatable bonds is 8. The molecule has 3 aromatic carbocycles. The molecule has 0 aliphatic rings. The molecule has 0 saturated heterocycles. The first-order valence-corrected chi connectivity index (χ1v) is 11.2. The second kappa shape index (κ2) is 10.8. The molecule has 1 atom stereocenters. The molecule has 1 unspecified atom stereocenters. The van der Waals surface area contributed by atoms with Crippen LogP contribution in [0.1, 0.15) is 34.0 Å². The zero-order chi connectivity index (χ0) is 22.5. The highest BCUT2D eigenvalue weighted by atomic mass is 32.1. The van der Waals surface area contributed by atoms with E-state index in [4.69, 9.17) is 21.9 Å². The third-order valence-corrected chi connectivity index (χ3v) is 6.38. The SMILES string of the molecule is N.N=C(N)c1cccc(CC(c2cccc(NC(=O)CCN)c2)c2nc3ccccc3s2)c1. The van der Waals surface area contributed by atoms with E-state index in [-0.39, 0.29) is 30.2 Å². The van der Waals surface area contributed by atoms with Crippen LogP contribution in [0.3, 0.4) is 0 Å². The van der Waals surface area contributed by atoms with E-state index in [9.17, 15) is 4.79 Å². The highest BCUT2D eigenvalue weighted by molar-refractivity contribution is 7.18. The summed E-state index contributed by atoms with van der Waals surface area (Å²) in [5, 5.41) is 11.7. The molecule has 0 saturated carbocycles. The van der Waals surface area contributed by atoms with Crippen LogP contribution in [-0.4, -0.2) is 23.3 Å². The Balaban J connectivity index is 0.00000306. The van der Waals surface area contributed by atoms with Crippen LogP contribution in [0, 0.1) is 5.41 Å². The summed E-state index contributed by atoms with van der Waals surface area (Å²) in [6.45, 7) is 0.312. The maximum absolute atomic E-state index is 12.0. The molecule has 0 spiro atoms. The first kappa shape index (κ1) is 24.1. The second-order valence-electron chi connectivity index (χ2n) is 7.60. The van der Waals surface area contributed by atoms with Gasteiger partial charge in [-0.1, -0.05) is 42.5 Å². The first-order valence-electron chi connectivity index (χ1n) is 10.4. The molecule has 0 fully saturated rings. The molecule has 33 heavy (non-hydrogen) atoms. The summed E-state index contributed by atoms with van der Waals surface area (Å²) in [6, 6.07) is 23.7. The van der Waals surface area contributed by atoms with Crippen molar-refractivity contribution in [3.05, 3.63) is 94.5 Å². The van der Waals surface area contributed by atoms with Crippen molar-refractivity contribution < 1.29 is 4.79 Å². The fourth-order valence-corrected chi connectivity index (χ4v) is 4.77. The number of carbonyl (C=O) groups is 1. The van der Waals surface area contributed by atoms with Gasteiger partial charge in [0.1, 0.15) is 10.8 Å². The third kappa shape index (κ3) is 5.81. The normalized spacial score (nSPS) is 11.5. The van der Waals surface area contributed by atoms with Gasteiger partial charge in [0.05, 0.1) is 10.2 Å². The minimum Gasteiger partial charge on any atom is -0.384 e. The molecule has 8 heteroatoms. The number of hydrogen-bond acceptors (Lipinski definition) is 6. The minimum atomic E-state index is -0.102. The lowest BCUT2D eigenvalue weighted by atomic mass is 9.91. The van der Waals surface area contributed by atoms with E-state index >= 15 is 0 Å². The van der Waals surface area contributed by atoms with Crippen molar-refractivity contribution in [3.63, 3.8) is 0 Å². The Morgan fingerprint density at radius 2 is 1.85 bits per heavy atom. The zero-order valence-corrected chi connectivity index (χ0v) is 19.1. The number of amidine groups is 1. The van der Waals surface area contributed by atoms with Gasteiger partial charge in [-0.3, -0.25) is 10.2 Å². The average Bonchev–Trinajstić information content (AvgIpc) is 3.22. The first-order chi connectivity index (χ1) is 15.5. The fourth-order valence-electron chi connectivity index (χ4n) is 3.68. The molecular formula is C25H28N6OS. The average molecular weight is 461 g/mol. The molecule has 0 bridgehead atoms. The number of nitrogen functional groups attached to an aromatic ring is 1. The Morgan fingerprint density at radius 1 is 1.06 bits per heavy atom. The van der Waals surface area contributed by atoms with Crippen molar-refractivity contribution >= 4 is 39.0 Å². The van der Waals surface area contributed by atoms with Crippen LogP contribution in [0.5, 0.6) is 0 Å². The lowest BCUT2D eigenvalue weighted by Gasteiger charge is -2.17. The van der Waals surface area contributed by atoms with E-state index in [0.29, 0.717) is 18.5 Å². The number of carbonyl (C=O) groups excluding carboxylic acids is 1. The van der Waals surface area contributed by atoms with Crippen molar-refractivity contribution in [2.45, 2.75) is 18.8 Å². The molecule has 1 amide bonds. The van der Waals surface area contributed by atoms with Gasteiger partial charge in [-0.15, -0.1) is 11.3 Å². The van der Waals surface area contributed by atoms with E-state index in [1.54, 1.807) is 11.3 Å². The van der Waals surface area contributed by atoms with E-state index < -0.39 is 0 Å². The molecular weight excluding hydrogens is 432 g/mol. The number of fused-ring (bicyclic) bond motifs is 1. The predicted octanol–water partition coefficient (Wildman–Crippen LogP) is 4.40. The number of benzene rings is 3. The molecule has 0 radical (unpaired) electrons. The molecule has 4 rings (SSSR count). The van der Waals surface area contributed by atoms with Gasteiger partial charge in [0.2, 0.25) is 5.91 Å². The van der Waals surface area contributed by atoms with Gasteiger partial charge in [-0.05, 0) is 47.9 Å². The summed E-state index contributed by atoms with van der Waals surface area (Å²) < 4.78 is 1.14. The summed E-state index contributed by atoms with van der Waals surface area (Å²) in [5.74, 6) is -0.0654. The molecule has 4 aromatic rings. The fraction of sp³-hybridized carbons (Fsp3) is 0.160. The van der Waals surface area contributed by atoms with E-state index in [1.807, 2.05) is 60.7 Å². The molecule has 170 valence electrons. The zero-order valence-electron chi connectivity index (χ0n) is 18.3. The van der Waals surface area contributed by atoms with E-state index in [1.165, 1.54) is 0 Å². The molecule has 1 aromatic heterocycles. The van der Waals surface area contributed by atoms with Crippen LogP contribution >= 0.6 is 11.3 Å². The number of amides is 1. The van der Waals surface area contributed by atoms with Crippen molar-refractivity contribution in [3.8, 4) is 0 Å². The Kier molecular flexibility index (Phi) is 7.89. The summed E-state index contributed by atoms with van der Waals surface area (Å²) in [7, 11) is 0. The predicted molar refractivity (Wildman–Crippen MR) is 136 cm³/mol. The Labute approximate surface area is 196 Å². The molecule has 0 aliphatic heterocycles. The molecule has 0 aliphatic carbocycles. The Morgan fingerprint density at radius 3 is 2.61 bits per heavy atom. The maximum atomic E-state index is 12.0. The number of anilines is 1.